The fourth-order valence-corrected chi connectivity index (χ4v) is 7.19. The Bertz CT molecular complexity index is 601. The van der Waals surface area contributed by atoms with Crippen LogP contribution < -0.4 is 0 Å². The molecule has 2 aliphatic carbocycles. The molecule has 1 aromatic rings. The van der Waals surface area contributed by atoms with Crippen molar-refractivity contribution in [3.63, 3.8) is 0 Å². The Morgan fingerprint density at radius 3 is 1.70 bits per heavy atom. The number of benzene rings is 1. The van der Waals surface area contributed by atoms with E-state index in [4.69, 9.17) is 0 Å². The van der Waals surface area contributed by atoms with E-state index in [1.54, 1.807) is 0 Å². The van der Waals surface area contributed by atoms with Gasteiger partial charge in [-0.05, 0) is 91.4 Å². The summed E-state index contributed by atoms with van der Waals surface area (Å²) < 4.78 is 0. The van der Waals surface area contributed by atoms with Crippen LogP contribution in [0.1, 0.15) is 92.1 Å². The second-order valence-corrected chi connectivity index (χ2v) is 11.8. The highest BCUT2D eigenvalue weighted by Gasteiger charge is 2.52. The van der Waals surface area contributed by atoms with Crippen molar-refractivity contribution in [3.8, 4) is 0 Å². The van der Waals surface area contributed by atoms with E-state index >= 15 is 0 Å². The molecule has 0 heterocycles. The molecule has 6 atom stereocenters. The number of hydrogen-bond donors (Lipinski definition) is 1. The summed E-state index contributed by atoms with van der Waals surface area (Å²) in [7, 11) is 0. The van der Waals surface area contributed by atoms with E-state index < -0.39 is 5.60 Å². The Labute approximate surface area is 187 Å². The van der Waals surface area contributed by atoms with E-state index in [-0.39, 0.29) is 0 Å². The Hall–Kier alpha value is -0.820. The zero-order valence-electron chi connectivity index (χ0n) is 20.6. The molecule has 2 fully saturated rings. The quantitative estimate of drug-likeness (QED) is 0.485. The molecular weight excluding hydrogens is 364 g/mol. The lowest BCUT2D eigenvalue weighted by Crippen LogP contribution is -2.55. The smallest absolute Gasteiger partial charge is 0.0712 e. The molecule has 3 rings (SSSR count). The maximum atomic E-state index is 12.8. The first-order chi connectivity index (χ1) is 14.2. The van der Waals surface area contributed by atoms with Crippen LogP contribution in [0.15, 0.2) is 30.3 Å². The molecule has 1 aromatic carbocycles. The Morgan fingerprint density at radius 1 is 0.800 bits per heavy atom. The lowest BCUT2D eigenvalue weighted by Gasteiger charge is -2.54. The Kier molecular flexibility index (Phi) is 8.10. The molecule has 0 aliphatic heterocycles. The third kappa shape index (κ3) is 5.32. The van der Waals surface area contributed by atoms with Gasteiger partial charge in [-0.1, -0.05) is 84.7 Å². The number of aryl methyl sites for hydroxylation is 1. The van der Waals surface area contributed by atoms with E-state index in [2.05, 4.69) is 71.9 Å². The summed E-state index contributed by atoms with van der Waals surface area (Å²) in [6.45, 7) is 14.4. The monoisotopic (exact) mass is 412 g/mol. The predicted octanol–water partition coefficient (Wildman–Crippen LogP) is 7.77. The Balaban J connectivity index is 1.97. The van der Waals surface area contributed by atoms with Crippen molar-refractivity contribution in [1.82, 2.24) is 0 Å². The topological polar surface area (TPSA) is 20.2 Å². The molecule has 2 saturated carbocycles. The summed E-state index contributed by atoms with van der Waals surface area (Å²) in [6.07, 6.45) is 9.62. The molecule has 0 spiro atoms. The van der Waals surface area contributed by atoms with Gasteiger partial charge in [0, 0.05) is 0 Å². The fraction of sp³-hybridized carbons (Fsp3) is 0.793. The lowest BCUT2D eigenvalue weighted by atomic mass is 9.54. The van der Waals surface area contributed by atoms with Gasteiger partial charge in [-0.2, -0.15) is 0 Å². The van der Waals surface area contributed by atoms with Gasteiger partial charge >= 0.3 is 0 Å². The van der Waals surface area contributed by atoms with Crippen LogP contribution in [0.2, 0.25) is 0 Å². The average molecular weight is 413 g/mol. The molecule has 0 radical (unpaired) electrons. The second-order valence-electron chi connectivity index (χ2n) is 11.8. The first kappa shape index (κ1) is 23.8. The molecule has 1 N–H and O–H groups in total. The van der Waals surface area contributed by atoms with Crippen molar-refractivity contribution in [1.29, 1.82) is 0 Å². The minimum absolute atomic E-state index is 0.446. The standard InChI is InChI=1S/C29H48O/c1-20(2)25-14-12-22(5)18-27(25)29(30,17-16-24-10-8-7-9-11-24)28-19-23(6)13-15-26(28)21(3)4/h7-11,20-23,25-28,30H,12-19H2,1-6H3. The molecule has 0 saturated heterocycles. The fourth-order valence-electron chi connectivity index (χ4n) is 7.19. The van der Waals surface area contributed by atoms with Crippen LogP contribution in [0.25, 0.3) is 0 Å². The molecule has 30 heavy (non-hydrogen) atoms. The predicted molar refractivity (Wildman–Crippen MR) is 129 cm³/mol. The number of aliphatic hydroxyl groups is 1. The first-order valence-electron chi connectivity index (χ1n) is 13.0. The van der Waals surface area contributed by atoms with Gasteiger partial charge in [-0.15, -0.1) is 0 Å². The van der Waals surface area contributed by atoms with E-state index in [1.807, 2.05) is 0 Å². The minimum atomic E-state index is -0.539. The normalized spacial score (nSPS) is 34.8. The van der Waals surface area contributed by atoms with Crippen LogP contribution in [0.3, 0.4) is 0 Å². The number of hydrogen-bond acceptors (Lipinski definition) is 1. The van der Waals surface area contributed by atoms with Gasteiger partial charge in [0.2, 0.25) is 0 Å². The lowest BCUT2D eigenvalue weighted by molar-refractivity contribution is -0.151. The molecule has 170 valence electrons. The molecule has 0 bridgehead atoms. The summed E-state index contributed by atoms with van der Waals surface area (Å²) in [4.78, 5) is 0. The zero-order valence-corrected chi connectivity index (χ0v) is 20.6. The van der Waals surface area contributed by atoms with Gasteiger partial charge in [0.1, 0.15) is 0 Å². The van der Waals surface area contributed by atoms with E-state index in [0.29, 0.717) is 35.5 Å². The van der Waals surface area contributed by atoms with Crippen molar-refractivity contribution >= 4 is 0 Å². The maximum absolute atomic E-state index is 12.8. The highest BCUT2D eigenvalue weighted by Crippen LogP contribution is 2.53. The van der Waals surface area contributed by atoms with Gasteiger partial charge in [-0.3, -0.25) is 0 Å². The molecule has 1 nitrogen and oxygen atoms in total. The first-order valence-corrected chi connectivity index (χ1v) is 13.0. The molecule has 1 heteroatoms. The summed E-state index contributed by atoms with van der Waals surface area (Å²) in [6, 6.07) is 10.9. The summed E-state index contributed by atoms with van der Waals surface area (Å²) in [5.74, 6) is 5.01. The highest BCUT2D eigenvalue weighted by atomic mass is 16.3. The van der Waals surface area contributed by atoms with Gasteiger partial charge in [0.05, 0.1) is 5.60 Å². The van der Waals surface area contributed by atoms with Crippen molar-refractivity contribution < 1.29 is 5.11 Å². The second kappa shape index (κ2) is 10.2. The number of rotatable bonds is 7. The molecule has 0 aromatic heterocycles. The van der Waals surface area contributed by atoms with Crippen molar-refractivity contribution in [2.24, 2.45) is 47.3 Å². The molecule has 0 amide bonds. The van der Waals surface area contributed by atoms with E-state index in [9.17, 15) is 5.11 Å². The van der Waals surface area contributed by atoms with E-state index in [0.717, 1.165) is 24.7 Å². The van der Waals surface area contributed by atoms with Crippen LogP contribution in [0.5, 0.6) is 0 Å². The highest BCUT2D eigenvalue weighted by molar-refractivity contribution is 5.16. The van der Waals surface area contributed by atoms with Gasteiger partial charge in [-0.25, -0.2) is 0 Å². The zero-order chi connectivity index (χ0) is 21.9. The van der Waals surface area contributed by atoms with Crippen LogP contribution in [-0.2, 0) is 6.42 Å². The minimum Gasteiger partial charge on any atom is -0.389 e. The van der Waals surface area contributed by atoms with Crippen molar-refractivity contribution in [2.75, 3.05) is 0 Å². The van der Waals surface area contributed by atoms with Crippen LogP contribution in [0, 0.1) is 47.3 Å². The molecule has 6 unspecified atom stereocenters. The van der Waals surface area contributed by atoms with Crippen LogP contribution in [-0.4, -0.2) is 10.7 Å². The van der Waals surface area contributed by atoms with Gasteiger partial charge < -0.3 is 5.11 Å². The molecular formula is C29H48O. The third-order valence-corrected chi connectivity index (χ3v) is 8.99. The maximum Gasteiger partial charge on any atom is 0.0712 e. The third-order valence-electron chi connectivity index (χ3n) is 8.99. The summed E-state index contributed by atoms with van der Waals surface area (Å²) >= 11 is 0. The van der Waals surface area contributed by atoms with Crippen LogP contribution in [0.4, 0.5) is 0 Å². The SMILES string of the molecule is CC1CCC(C(C)C)C(C(O)(CCc2ccccc2)C2CC(C)CCC2C(C)C)C1. The largest absolute Gasteiger partial charge is 0.389 e. The summed E-state index contributed by atoms with van der Waals surface area (Å²) in [5.41, 5.74) is 0.842. The summed E-state index contributed by atoms with van der Waals surface area (Å²) in [5, 5.41) is 12.8. The Morgan fingerprint density at radius 2 is 1.27 bits per heavy atom. The van der Waals surface area contributed by atoms with Crippen LogP contribution >= 0.6 is 0 Å². The van der Waals surface area contributed by atoms with Gasteiger partial charge in [0.25, 0.3) is 0 Å². The average Bonchev–Trinajstić information content (AvgIpc) is 2.72. The van der Waals surface area contributed by atoms with Crippen molar-refractivity contribution in [2.45, 2.75) is 98.5 Å². The van der Waals surface area contributed by atoms with E-state index in [1.165, 1.54) is 44.1 Å². The van der Waals surface area contributed by atoms with Gasteiger partial charge in [0.15, 0.2) is 0 Å². The van der Waals surface area contributed by atoms with Crippen molar-refractivity contribution in [3.05, 3.63) is 35.9 Å². The molecule has 2 aliphatic rings.